The molecule has 98 valence electrons. The van der Waals surface area contributed by atoms with E-state index in [9.17, 15) is 5.11 Å². The Labute approximate surface area is 109 Å². The van der Waals surface area contributed by atoms with Crippen molar-refractivity contribution < 1.29 is 9.84 Å². The number of benzene rings is 1. The molecule has 0 aliphatic carbocycles. The molecule has 3 nitrogen and oxygen atoms in total. The average molecular weight is 247 g/mol. The minimum atomic E-state index is -0.140. The lowest BCUT2D eigenvalue weighted by Crippen LogP contribution is -2.23. The fourth-order valence-corrected chi connectivity index (χ4v) is 2.34. The van der Waals surface area contributed by atoms with Gasteiger partial charge in [0.2, 0.25) is 0 Å². The van der Waals surface area contributed by atoms with E-state index in [4.69, 9.17) is 4.74 Å². The molecule has 1 aliphatic heterocycles. The SMILES string of the molecule is COc1ccc(/C=C(/C)CN2CC[C@@H](O)C2)cc1. The molecule has 18 heavy (non-hydrogen) atoms. The largest absolute Gasteiger partial charge is 0.497 e. The van der Waals surface area contributed by atoms with E-state index >= 15 is 0 Å². The third kappa shape index (κ3) is 3.59. The molecular weight excluding hydrogens is 226 g/mol. The van der Waals surface area contributed by atoms with Crippen molar-refractivity contribution in [2.24, 2.45) is 0 Å². The van der Waals surface area contributed by atoms with Gasteiger partial charge in [-0.25, -0.2) is 0 Å². The van der Waals surface area contributed by atoms with Crippen LogP contribution in [-0.4, -0.2) is 42.9 Å². The first-order valence-electron chi connectivity index (χ1n) is 6.39. The lowest BCUT2D eigenvalue weighted by molar-refractivity contribution is 0.179. The second-order valence-corrected chi connectivity index (χ2v) is 4.94. The van der Waals surface area contributed by atoms with Gasteiger partial charge in [-0.2, -0.15) is 0 Å². The van der Waals surface area contributed by atoms with Crippen molar-refractivity contribution in [2.75, 3.05) is 26.7 Å². The van der Waals surface area contributed by atoms with Crippen molar-refractivity contribution in [3.05, 3.63) is 35.4 Å². The second kappa shape index (κ2) is 6.03. The van der Waals surface area contributed by atoms with Crippen LogP contribution in [0.15, 0.2) is 29.8 Å². The number of hydrogen-bond acceptors (Lipinski definition) is 3. The lowest BCUT2D eigenvalue weighted by Gasteiger charge is -2.15. The summed E-state index contributed by atoms with van der Waals surface area (Å²) < 4.78 is 5.14. The Kier molecular flexibility index (Phi) is 4.39. The predicted molar refractivity (Wildman–Crippen MR) is 73.7 cm³/mol. The molecule has 1 aromatic rings. The van der Waals surface area contributed by atoms with Gasteiger partial charge < -0.3 is 9.84 Å². The molecule has 0 radical (unpaired) electrons. The van der Waals surface area contributed by atoms with E-state index in [1.165, 1.54) is 11.1 Å². The maximum Gasteiger partial charge on any atom is 0.118 e. The normalized spacial score (nSPS) is 21.3. The van der Waals surface area contributed by atoms with Crippen molar-refractivity contribution in [3.8, 4) is 5.75 Å². The standard InChI is InChI=1S/C15H21NO2/c1-12(10-16-8-7-14(17)11-16)9-13-3-5-15(18-2)6-4-13/h3-6,9,14,17H,7-8,10-11H2,1-2H3/b12-9-/t14-/m1/s1. The first-order chi connectivity index (χ1) is 8.67. The van der Waals surface area contributed by atoms with Crippen molar-refractivity contribution in [3.63, 3.8) is 0 Å². The molecule has 0 unspecified atom stereocenters. The molecule has 1 fully saturated rings. The van der Waals surface area contributed by atoms with Gasteiger partial charge in [-0.3, -0.25) is 4.90 Å². The van der Waals surface area contributed by atoms with Gasteiger partial charge in [0.05, 0.1) is 13.2 Å². The summed E-state index contributed by atoms with van der Waals surface area (Å²) in [6.07, 6.45) is 2.94. The van der Waals surface area contributed by atoms with E-state index in [0.717, 1.165) is 31.8 Å². The van der Waals surface area contributed by atoms with Crippen LogP contribution >= 0.6 is 0 Å². The Morgan fingerprint density at radius 1 is 1.44 bits per heavy atom. The van der Waals surface area contributed by atoms with Crippen LogP contribution in [0.3, 0.4) is 0 Å². The lowest BCUT2D eigenvalue weighted by atomic mass is 10.1. The summed E-state index contributed by atoms with van der Waals surface area (Å²) >= 11 is 0. The zero-order chi connectivity index (χ0) is 13.0. The van der Waals surface area contributed by atoms with Gasteiger partial charge in [-0.1, -0.05) is 23.8 Å². The Morgan fingerprint density at radius 3 is 2.72 bits per heavy atom. The van der Waals surface area contributed by atoms with E-state index in [1.807, 2.05) is 12.1 Å². The number of β-amino-alcohol motifs (C(OH)–C–C–N with tert-alkyl or cyclic N) is 1. The van der Waals surface area contributed by atoms with E-state index < -0.39 is 0 Å². The highest BCUT2D eigenvalue weighted by atomic mass is 16.5. The number of aliphatic hydroxyl groups is 1. The van der Waals surface area contributed by atoms with Crippen LogP contribution in [0, 0.1) is 0 Å². The van der Waals surface area contributed by atoms with Crippen LogP contribution in [0.4, 0.5) is 0 Å². The summed E-state index contributed by atoms with van der Waals surface area (Å²) in [4.78, 5) is 2.29. The first kappa shape index (κ1) is 13.1. The van der Waals surface area contributed by atoms with Gasteiger partial charge in [0.1, 0.15) is 5.75 Å². The van der Waals surface area contributed by atoms with Crippen molar-refractivity contribution in [1.29, 1.82) is 0 Å². The van der Waals surface area contributed by atoms with Crippen LogP contribution in [0.2, 0.25) is 0 Å². The van der Waals surface area contributed by atoms with Gasteiger partial charge in [-0.05, 0) is 31.0 Å². The molecular formula is C15H21NO2. The molecule has 1 heterocycles. The summed E-state index contributed by atoms with van der Waals surface area (Å²) in [6.45, 7) is 4.86. The highest BCUT2D eigenvalue weighted by Gasteiger charge is 2.19. The van der Waals surface area contributed by atoms with Crippen molar-refractivity contribution in [2.45, 2.75) is 19.4 Å². The van der Waals surface area contributed by atoms with Gasteiger partial charge in [-0.15, -0.1) is 0 Å². The quantitative estimate of drug-likeness (QED) is 0.885. The fraction of sp³-hybridized carbons (Fsp3) is 0.467. The van der Waals surface area contributed by atoms with Crippen LogP contribution in [0.25, 0.3) is 6.08 Å². The van der Waals surface area contributed by atoms with Crippen LogP contribution < -0.4 is 4.74 Å². The molecule has 1 saturated heterocycles. The number of rotatable bonds is 4. The van der Waals surface area contributed by atoms with E-state index in [0.29, 0.717) is 0 Å². The Morgan fingerprint density at radius 2 is 2.17 bits per heavy atom. The molecule has 0 saturated carbocycles. The third-order valence-electron chi connectivity index (χ3n) is 3.25. The fourth-order valence-electron chi connectivity index (χ4n) is 2.34. The number of aliphatic hydroxyl groups excluding tert-OH is 1. The van der Waals surface area contributed by atoms with Crippen LogP contribution in [0.1, 0.15) is 18.9 Å². The first-order valence-corrected chi connectivity index (χ1v) is 6.39. The van der Waals surface area contributed by atoms with Gasteiger partial charge >= 0.3 is 0 Å². The molecule has 1 aromatic carbocycles. The minimum Gasteiger partial charge on any atom is -0.497 e. The van der Waals surface area contributed by atoms with E-state index in [-0.39, 0.29) is 6.10 Å². The molecule has 0 spiro atoms. The predicted octanol–water partition coefficient (Wildman–Crippen LogP) is 2.17. The molecule has 1 atom stereocenters. The number of methoxy groups -OCH3 is 1. The van der Waals surface area contributed by atoms with Gasteiger partial charge in [0.15, 0.2) is 0 Å². The Balaban J connectivity index is 1.94. The number of ether oxygens (including phenoxy) is 1. The van der Waals surface area contributed by atoms with Gasteiger partial charge in [0, 0.05) is 19.6 Å². The molecule has 1 N–H and O–H groups in total. The zero-order valence-electron chi connectivity index (χ0n) is 11.1. The highest BCUT2D eigenvalue weighted by Crippen LogP contribution is 2.16. The maximum absolute atomic E-state index is 9.48. The molecule has 0 aromatic heterocycles. The summed E-state index contributed by atoms with van der Waals surface area (Å²) in [7, 11) is 1.68. The number of hydrogen-bond donors (Lipinski definition) is 1. The zero-order valence-corrected chi connectivity index (χ0v) is 11.1. The Bertz CT molecular complexity index is 411. The summed E-state index contributed by atoms with van der Waals surface area (Å²) in [5, 5.41) is 9.48. The summed E-state index contributed by atoms with van der Waals surface area (Å²) in [5.74, 6) is 0.882. The number of likely N-dealkylation sites (tertiary alicyclic amines) is 1. The van der Waals surface area contributed by atoms with Crippen LogP contribution in [-0.2, 0) is 0 Å². The van der Waals surface area contributed by atoms with Gasteiger partial charge in [0.25, 0.3) is 0 Å². The molecule has 0 bridgehead atoms. The topological polar surface area (TPSA) is 32.7 Å². The molecule has 3 heteroatoms. The van der Waals surface area contributed by atoms with E-state index in [2.05, 4.69) is 30.0 Å². The monoisotopic (exact) mass is 247 g/mol. The summed E-state index contributed by atoms with van der Waals surface area (Å²) in [6, 6.07) is 8.06. The maximum atomic E-state index is 9.48. The summed E-state index contributed by atoms with van der Waals surface area (Å²) in [5.41, 5.74) is 2.50. The molecule has 1 aliphatic rings. The highest BCUT2D eigenvalue weighted by molar-refractivity contribution is 5.53. The average Bonchev–Trinajstić information content (AvgIpc) is 2.75. The number of nitrogens with zero attached hydrogens (tertiary/aromatic N) is 1. The second-order valence-electron chi connectivity index (χ2n) is 4.94. The molecule has 2 rings (SSSR count). The third-order valence-corrected chi connectivity index (χ3v) is 3.25. The minimum absolute atomic E-state index is 0.140. The van der Waals surface area contributed by atoms with Crippen LogP contribution in [0.5, 0.6) is 5.75 Å². The van der Waals surface area contributed by atoms with E-state index in [1.54, 1.807) is 7.11 Å². The van der Waals surface area contributed by atoms with Crippen molar-refractivity contribution in [1.82, 2.24) is 4.90 Å². The molecule has 0 amide bonds. The smallest absolute Gasteiger partial charge is 0.118 e. The van der Waals surface area contributed by atoms with Crippen molar-refractivity contribution >= 4 is 6.08 Å². The Hall–Kier alpha value is -1.32.